The maximum absolute atomic E-state index is 13.6. The molecule has 1 heterocycles. The number of aromatic nitrogens is 2. The molecule has 4 N–H and O–H groups in total. The highest BCUT2D eigenvalue weighted by atomic mass is 32.2. The van der Waals surface area contributed by atoms with Crippen molar-refractivity contribution in [3.05, 3.63) is 66.7 Å². The van der Waals surface area contributed by atoms with Crippen LogP contribution in [0.5, 0.6) is 11.5 Å². The molecule has 0 aliphatic carbocycles. The van der Waals surface area contributed by atoms with E-state index in [0.717, 1.165) is 0 Å². The molecule has 11 nitrogen and oxygen atoms in total. The Balaban J connectivity index is 1.73. The average molecular weight is 565 g/mol. The summed E-state index contributed by atoms with van der Waals surface area (Å²) in [4.78, 5) is 22.6. The van der Waals surface area contributed by atoms with Crippen molar-refractivity contribution in [2.75, 3.05) is 42.2 Å². The number of primary amides is 1. The number of rotatable bonds is 12. The lowest BCUT2D eigenvalue weighted by molar-refractivity contribution is -0.116. The highest BCUT2D eigenvalue weighted by Gasteiger charge is 2.21. The van der Waals surface area contributed by atoms with E-state index in [1.54, 1.807) is 53.4 Å². The summed E-state index contributed by atoms with van der Waals surface area (Å²) in [6.45, 7) is 4.49. The lowest BCUT2D eigenvalue weighted by Crippen LogP contribution is -2.36. The van der Waals surface area contributed by atoms with E-state index in [2.05, 4.69) is 20.0 Å². The van der Waals surface area contributed by atoms with Gasteiger partial charge >= 0.3 is 0 Å². The monoisotopic (exact) mass is 564 g/mol. The number of carbonyl (C=O) groups excluding carboxylic acids is 1. The minimum absolute atomic E-state index is 0.00191. The fourth-order valence-corrected chi connectivity index (χ4v) is 5.15. The molecule has 0 saturated heterocycles. The van der Waals surface area contributed by atoms with Gasteiger partial charge in [0, 0.05) is 36.1 Å². The SMILES string of the molecule is COc1cc(Nc2nc3ccccc3nc2NS(=O)(=O)c2cccc(N(CC(N)=O)CC(C)C)c2)cc(OC)c1. The molecule has 0 aliphatic rings. The van der Waals surface area contributed by atoms with Gasteiger partial charge in [-0.15, -0.1) is 0 Å². The van der Waals surface area contributed by atoms with Crippen LogP contribution in [0.4, 0.5) is 23.0 Å². The van der Waals surface area contributed by atoms with Crippen LogP contribution in [0.2, 0.25) is 0 Å². The van der Waals surface area contributed by atoms with E-state index in [1.807, 2.05) is 19.9 Å². The molecule has 1 aromatic heterocycles. The normalized spacial score (nSPS) is 11.3. The van der Waals surface area contributed by atoms with E-state index in [9.17, 15) is 13.2 Å². The van der Waals surface area contributed by atoms with Crippen molar-refractivity contribution in [2.24, 2.45) is 11.7 Å². The Morgan fingerprint density at radius 1 is 0.925 bits per heavy atom. The number of nitrogens with one attached hydrogen (secondary N) is 2. The molecule has 1 amide bonds. The predicted octanol–water partition coefficient (Wildman–Crippen LogP) is 4.14. The molecule has 0 unspecified atom stereocenters. The molecule has 0 saturated carbocycles. The van der Waals surface area contributed by atoms with Crippen LogP contribution in [0.25, 0.3) is 11.0 Å². The van der Waals surface area contributed by atoms with Crippen molar-refractivity contribution in [1.82, 2.24) is 9.97 Å². The van der Waals surface area contributed by atoms with Gasteiger partial charge in [-0.05, 0) is 36.2 Å². The van der Waals surface area contributed by atoms with Gasteiger partial charge in [0.2, 0.25) is 5.91 Å². The van der Waals surface area contributed by atoms with Gasteiger partial charge < -0.3 is 25.4 Å². The number of amides is 1. The molecule has 0 fully saturated rings. The quantitative estimate of drug-likeness (QED) is 0.231. The maximum Gasteiger partial charge on any atom is 0.263 e. The second-order valence-electron chi connectivity index (χ2n) is 9.48. The van der Waals surface area contributed by atoms with Crippen LogP contribution < -0.4 is 30.1 Å². The zero-order valence-electron chi connectivity index (χ0n) is 22.7. The summed E-state index contributed by atoms with van der Waals surface area (Å²) in [6, 6.07) is 18.6. The van der Waals surface area contributed by atoms with E-state index in [1.165, 1.54) is 26.4 Å². The highest BCUT2D eigenvalue weighted by Crippen LogP contribution is 2.32. The van der Waals surface area contributed by atoms with Crippen molar-refractivity contribution >= 4 is 50.0 Å². The first-order valence-corrected chi connectivity index (χ1v) is 14.0. The van der Waals surface area contributed by atoms with Crippen molar-refractivity contribution in [3.8, 4) is 11.5 Å². The predicted molar refractivity (Wildman–Crippen MR) is 156 cm³/mol. The van der Waals surface area contributed by atoms with E-state index in [4.69, 9.17) is 15.2 Å². The van der Waals surface area contributed by atoms with Crippen LogP contribution in [0.1, 0.15) is 13.8 Å². The molecule has 0 radical (unpaired) electrons. The van der Waals surface area contributed by atoms with E-state index in [-0.39, 0.29) is 29.0 Å². The third-order valence-corrected chi connectivity index (χ3v) is 7.18. The van der Waals surface area contributed by atoms with Crippen LogP contribution in [-0.4, -0.2) is 51.6 Å². The Labute approximate surface area is 233 Å². The molecule has 0 aliphatic heterocycles. The zero-order valence-corrected chi connectivity index (χ0v) is 23.5. The molecule has 0 spiro atoms. The number of anilines is 4. The van der Waals surface area contributed by atoms with Gasteiger partial charge in [0.1, 0.15) is 11.5 Å². The zero-order chi connectivity index (χ0) is 28.9. The summed E-state index contributed by atoms with van der Waals surface area (Å²) in [5.74, 6) is 0.969. The first kappa shape index (κ1) is 28.4. The molecule has 12 heteroatoms. The summed E-state index contributed by atoms with van der Waals surface area (Å²) in [5, 5.41) is 3.14. The van der Waals surface area contributed by atoms with Crippen LogP contribution >= 0.6 is 0 Å². The van der Waals surface area contributed by atoms with E-state index in [0.29, 0.717) is 40.5 Å². The van der Waals surface area contributed by atoms with Gasteiger partial charge in [-0.2, -0.15) is 0 Å². The number of hydrogen-bond donors (Lipinski definition) is 3. The second-order valence-corrected chi connectivity index (χ2v) is 11.2. The largest absolute Gasteiger partial charge is 0.497 e. The number of sulfonamides is 1. The third kappa shape index (κ3) is 6.89. The summed E-state index contributed by atoms with van der Waals surface area (Å²) < 4.78 is 40.5. The van der Waals surface area contributed by atoms with Gasteiger partial charge in [0.05, 0.1) is 36.7 Å². The summed E-state index contributed by atoms with van der Waals surface area (Å²) in [5.41, 5.74) is 7.63. The van der Waals surface area contributed by atoms with Crippen molar-refractivity contribution in [3.63, 3.8) is 0 Å². The summed E-state index contributed by atoms with van der Waals surface area (Å²) in [6.07, 6.45) is 0. The number of nitrogens with zero attached hydrogens (tertiary/aromatic N) is 3. The minimum atomic E-state index is -4.12. The molecule has 40 heavy (non-hydrogen) atoms. The number of para-hydroxylation sites is 2. The summed E-state index contributed by atoms with van der Waals surface area (Å²) >= 11 is 0. The van der Waals surface area contributed by atoms with Crippen molar-refractivity contribution < 1.29 is 22.7 Å². The maximum atomic E-state index is 13.6. The molecule has 0 atom stereocenters. The van der Waals surface area contributed by atoms with Crippen LogP contribution in [0, 0.1) is 5.92 Å². The van der Waals surface area contributed by atoms with Gasteiger partial charge in [-0.1, -0.05) is 32.0 Å². The molecule has 4 aromatic rings. The van der Waals surface area contributed by atoms with Crippen LogP contribution in [0.3, 0.4) is 0 Å². The number of hydrogen-bond acceptors (Lipinski definition) is 9. The minimum Gasteiger partial charge on any atom is -0.497 e. The first-order chi connectivity index (χ1) is 19.1. The lowest BCUT2D eigenvalue weighted by Gasteiger charge is -2.25. The Bertz CT molecular complexity index is 1600. The topological polar surface area (TPSA) is 149 Å². The fourth-order valence-electron chi connectivity index (χ4n) is 4.10. The number of benzene rings is 3. The number of fused-ring (bicyclic) bond motifs is 1. The Morgan fingerprint density at radius 3 is 2.12 bits per heavy atom. The van der Waals surface area contributed by atoms with Gasteiger partial charge in [0.25, 0.3) is 10.0 Å². The molecular weight excluding hydrogens is 532 g/mol. The second kappa shape index (κ2) is 12.1. The number of methoxy groups -OCH3 is 2. The first-order valence-electron chi connectivity index (χ1n) is 12.5. The smallest absolute Gasteiger partial charge is 0.263 e. The van der Waals surface area contributed by atoms with Crippen LogP contribution in [-0.2, 0) is 14.8 Å². The van der Waals surface area contributed by atoms with E-state index < -0.39 is 15.9 Å². The molecule has 0 bridgehead atoms. The summed E-state index contributed by atoms with van der Waals surface area (Å²) in [7, 11) is -1.05. The fraction of sp³-hybridized carbons (Fsp3) is 0.250. The number of ether oxygens (including phenoxy) is 2. The van der Waals surface area contributed by atoms with Crippen molar-refractivity contribution in [2.45, 2.75) is 18.7 Å². The third-order valence-electron chi connectivity index (χ3n) is 5.84. The number of carbonyl (C=O) groups is 1. The highest BCUT2D eigenvalue weighted by molar-refractivity contribution is 7.92. The average Bonchev–Trinajstić information content (AvgIpc) is 2.92. The Morgan fingerprint density at radius 2 is 1.55 bits per heavy atom. The number of nitrogens with two attached hydrogens (primary N) is 1. The Kier molecular flexibility index (Phi) is 8.58. The Hall–Kier alpha value is -4.58. The standard InChI is InChI=1S/C28H32N6O5S/c1-18(2)16-34(17-26(29)35)20-8-7-9-23(14-20)40(36,37)33-28-27(31-24-10-5-6-11-25(24)32-28)30-19-12-21(38-3)15-22(13-19)39-4/h5-15,18H,16-17H2,1-4H3,(H2,29,35)(H,30,31)(H,32,33). The molecule has 3 aromatic carbocycles. The van der Waals surface area contributed by atoms with Crippen LogP contribution in [0.15, 0.2) is 71.6 Å². The lowest BCUT2D eigenvalue weighted by atomic mass is 10.2. The molecule has 210 valence electrons. The van der Waals surface area contributed by atoms with Crippen molar-refractivity contribution in [1.29, 1.82) is 0 Å². The van der Waals surface area contributed by atoms with Gasteiger partial charge in [-0.3, -0.25) is 9.52 Å². The van der Waals surface area contributed by atoms with E-state index >= 15 is 0 Å². The molecule has 4 rings (SSSR count). The molecular formula is C28H32N6O5S. The van der Waals surface area contributed by atoms with Gasteiger partial charge in [-0.25, -0.2) is 18.4 Å². The van der Waals surface area contributed by atoms with Gasteiger partial charge in [0.15, 0.2) is 11.6 Å².